The molecule has 0 bridgehead atoms. The minimum Gasteiger partial charge on any atom is -0.336 e. The molecular weight excluding hydrogens is 320 g/mol. The van der Waals surface area contributed by atoms with Gasteiger partial charge in [-0.15, -0.1) is 0 Å². The van der Waals surface area contributed by atoms with Gasteiger partial charge in [-0.3, -0.25) is 4.79 Å². The number of anilines is 1. The van der Waals surface area contributed by atoms with E-state index in [0.29, 0.717) is 11.4 Å². The van der Waals surface area contributed by atoms with E-state index in [1.165, 1.54) is 0 Å². The molecule has 1 aromatic rings. The standard InChI is InChI=1S/C14H23BrN4O/c1-4-6-7-19(10(3)5-2)14(20)12-8-11(15)9-17-13(12)18-16/h8-10H,4-7,16H2,1-3H3,(H,17,18). The van der Waals surface area contributed by atoms with E-state index in [2.05, 4.69) is 47.1 Å². The highest BCUT2D eigenvalue weighted by Crippen LogP contribution is 2.21. The van der Waals surface area contributed by atoms with Crippen LogP contribution in [0.25, 0.3) is 0 Å². The summed E-state index contributed by atoms with van der Waals surface area (Å²) in [4.78, 5) is 18.8. The minimum atomic E-state index is -0.0328. The lowest BCUT2D eigenvalue weighted by Crippen LogP contribution is -2.39. The van der Waals surface area contributed by atoms with E-state index in [1.54, 1.807) is 12.3 Å². The summed E-state index contributed by atoms with van der Waals surface area (Å²) in [6.45, 7) is 7.01. The van der Waals surface area contributed by atoms with Crippen LogP contribution in [0.1, 0.15) is 50.4 Å². The molecule has 0 radical (unpaired) electrons. The van der Waals surface area contributed by atoms with Crippen LogP contribution in [0.2, 0.25) is 0 Å². The van der Waals surface area contributed by atoms with Gasteiger partial charge in [-0.05, 0) is 41.8 Å². The van der Waals surface area contributed by atoms with Crippen LogP contribution in [0.5, 0.6) is 0 Å². The average molecular weight is 343 g/mol. The summed E-state index contributed by atoms with van der Waals surface area (Å²) in [6, 6.07) is 1.95. The number of hydrazine groups is 1. The Morgan fingerprint density at radius 2 is 2.25 bits per heavy atom. The summed E-state index contributed by atoms with van der Waals surface area (Å²) in [5, 5.41) is 0. The molecule has 1 amide bonds. The van der Waals surface area contributed by atoms with E-state index in [1.807, 2.05) is 4.90 Å². The number of aromatic nitrogens is 1. The molecule has 6 heteroatoms. The van der Waals surface area contributed by atoms with Crippen LogP contribution in [-0.4, -0.2) is 28.4 Å². The summed E-state index contributed by atoms with van der Waals surface area (Å²) in [6.07, 6.45) is 4.58. The van der Waals surface area contributed by atoms with Gasteiger partial charge in [-0.25, -0.2) is 10.8 Å². The van der Waals surface area contributed by atoms with Gasteiger partial charge in [0.1, 0.15) is 0 Å². The number of nitrogen functional groups attached to an aromatic ring is 1. The molecule has 0 aromatic carbocycles. The van der Waals surface area contributed by atoms with Crippen LogP contribution < -0.4 is 11.3 Å². The molecule has 0 saturated carbocycles. The summed E-state index contributed by atoms with van der Waals surface area (Å²) < 4.78 is 0.763. The van der Waals surface area contributed by atoms with E-state index in [9.17, 15) is 4.79 Å². The van der Waals surface area contributed by atoms with E-state index in [-0.39, 0.29) is 11.9 Å². The summed E-state index contributed by atoms with van der Waals surface area (Å²) in [7, 11) is 0. The molecule has 0 spiro atoms. The molecule has 1 unspecified atom stereocenters. The fourth-order valence-corrected chi connectivity index (χ4v) is 2.27. The Bertz CT molecular complexity index is 453. The Labute approximate surface area is 129 Å². The molecule has 0 aliphatic carbocycles. The molecule has 1 aromatic heterocycles. The molecule has 0 saturated heterocycles. The van der Waals surface area contributed by atoms with Crippen LogP contribution in [0.4, 0.5) is 5.82 Å². The van der Waals surface area contributed by atoms with Gasteiger partial charge in [0, 0.05) is 23.3 Å². The number of carbonyl (C=O) groups is 1. The van der Waals surface area contributed by atoms with Crippen molar-refractivity contribution in [1.29, 1.82) is 0 Å². The van der Waals surface area contributed by atoms with Gasteiger partial charge in [0.25, 0.3) is 5.91 Å². The maximum atomic E-state index is 12.8. The van der Waals surface area contributed by atoms with E-state index < -0.39 is 0 Å². The monoisotopic (exact) mass is 342 g/mol. The lowest BCUT2D eigenvalue weighted by molar-refractivity contribution is 0.0686. The van der Waals surface area contributed by atoms with Crippen LogP contribution in [0.15, 0.2) is 16.7 Å². The van der Waals surface area contributed by atoms with E-state index in [0.717, 1.165) is 30.3 Å². The molecule has 3 N–H and O–H groups in total. The number of amides is 1. The van der Waals surface area contributed by atoms with Gasteiger partial charge in [-0.2, -0.15) is 0 Å². The molecule has 0 fully saturated rings. The molecule has 1 rings (SSSR count). The molecule has 1 atom stereocenters. The summed E-state index contributed by atoms with van der Waals surface area (Å²) >= 11 is 3.35. The van der Waals surface area contributed by atoms with Crippen molar-refractivity contribution in [3.63, 3.8) is 0 Å². The molecule has 0 aliphatic heterocycles. The molecule has 5 nitrogen and oxygen atoms in total. The zero-order chi connectivity index (χ0) is 15.1. The highest BCUT2D eigenvalue weighted by molar-refractivity contribution is 9.10. The average Bonchev–Trinajstić information content (AvgIpc) is 2.46. The van der Waals surface area contributed by atoms with E-state index in [4.69, 9.17) is 5.84 Å². The SMILES string of the molecule is CCCCN(C(=O)c1cc(Br)cnc1NN)C(C)CC. The van der Waals surface area contributed by atoms with E-state index >= 15 is 0 Å². The number of hydrogen-bond acceptors (Lipinski definition) is 4. The van der Waals surface area contributed by atoms with Gasteiger partial charge in [0.05, 0.1) is 5.56 Å². The number of rotatable bonds is 7. The number of halogens is 1. The zero-order valence-corrected chi connectivity index (χ0v) is 13.9. The van der Waals surface area contributed by atoms with Crippen LogP contribution in [0.3, 0.4) is 0 Å². The smallest absolute Gasteiger partial charge is 0.257 e. The van der Waals surface area contributed by atoms with Crippen LogP contribution >= 0.6 is 15.9 Å². The van der Waals surface area contributed by atoms with Crippen molar-refractivity contribution < 1.29 is 4.79 Å². The Kier molecular flexibility index (Phi) is 6.95. The number of nitrogens with one attached hydrogen (secondary N) is 1. The van der Waals surface area contributed by atoms with Crippen molar-refractivity contribution >= 4 is 27.7 Å². The Morgan fingerprint density at radius 3 is 2.80 bits per heavy atom. The first-order chi connectivity index (χ1) is 9.54. The first-order valence-electron chi connectivity index (χ1n) is 6.98. The van der Waals surface area contributed by atoms with Gasteiger partial charge in [0.15, 0.2) is 5.82 Å². The zero-order valence-electron chi connectivity index (χ0n) is 12.3. The quantitative estimate of drug-likeness (QED) is 0.589. The van der Waals surface area contributed by atoms with Crippen molar-refractivity contribution in [2.45, 2.75) is 46.1 Å². The number of hydrogen-bond donors (Lipinski definition) is 2. The second-order valence-corrected chi connectivity index (χ2v) is 5.72. The number of pyridine rings is 1. The lowest BCUT2D eigenvalue weighted by Gasteiger charge is -2.29. The Hall–Kier alpha value is -1.14. The first kappa shape index (κ1) is 16.9. The third kappa shape index (κ3) is 4.18. The van der Waals surface area contributed by atoms with Gasteiger partial charge < -0.3 is 10.3 Å². The van der Waals surface area contributed by atoms with Crippen molar-refractivity contribution in [3.05, 3.63) is 22.3 Å². The fourth-order valence-electron chi connectivity index (χ4n) is 1.94. The molecule has 112 valence electrons. The fraction of sp³-hybridized carbons (Fsp3) is 0.571. The predicted molar refractivity (Wildman–Crippen MR) is 85.4 cm³/mol. The third-order valence-electron chi connectivity index (χ3n) is 3.36. The number of nitrogens with two attached hydrogens (primary N) is 1. The van der Waals surface area contributed by atoms with Crippen molar-refractivity contribution in [2.75, 3.05) is 12.0 Å². The second-order valence-electron chi connectivity index (χ2n) is 4.80. The summed E-state index contributed by atoms with van der Waals surface area (Å²) in [5.74, 6) is 5.82. The Balaban J connectivity index is 3.07. The normalized spacial score (nSPS) is 12.1. The van der Waals surface area contributed by atoms with Gasteiger partial charge in [0.2, 0.25) is 0 Å². The molecule has 20 heavy (non-hydrogen) atoms. The van der Waals surface area contributed by atoms with Gasteiger partial charge in [-0.1, -0.05) is 20.3 Å². The summed E-state index contributed by atoms with van der Waals surface area (Å²) in [5.41, 5.74) is 2.99. The molecular formula is C14H23BrN4O. The molecule has 0 aliphatic rings. The van der Waals surface area contributed by atoms with Crippen molar-refractivity contribution in [1.82, 2.24) is 9.88 Å². The highest BCUT2D eigenvalue weighted by atomic mass is 79.9. The van der Waals surface area contributed by atoms with Crippen LogP contribution in [-0.2, 0) is 0 Å². The number of nitrogens with zero attached hydrogens (tertiary/aromatic N) is 2. The van der Waals surface area contributed by atoms with Crippen molar-refractivity contribution in [2.24, 2.45) is 5.84 Å². The number of carbonyl (C=O) groups excluding carboxylic acids is 1. The first-order valence-corrected chi connectivity index (χ1v) is 7.77. The maximum Gasteiger partial charge on any atom is 0.257 e. The lowest BCUT2D eigenvalue weighted by atomic mass is 10.1. The minimum absolute atomic E-state index is 0.0328. The predicted octanol–water partition coefficient (Wildman–Crippen LogP) is 3.17. The largest absolute Gasteiger partial charge is 0.336 e. The third-order valence-corrected chi connectivity index (χ3v) is 3.79. The van der Waals surface area contributed by atoms with Gasteiger partial charge >= 0.3 is 0 Å². The maximum absolute atomic E-state index is 12.8. The number of unbranched alkanes of at least 4 members (excludes halogenated alkanes) is 1. The van der Waals surface area contributed by atoms with Crippen molar-refractivity contribution in [3.8, 4) is 0 Å². The topological polar surface area (TPSA) is 71.2 Å². The molecule has 1 heterocycles. The highest BCUT2D eigenvalue weighted by Gasteiger charge is 2.23. The van der Waals surface area contributed by atoms with Crippen LogP contribution in [0, 0.1) is 0 Å². The Morgan fingerprint density at radius 1 is 1.55 bits per heavy atom. The second kappa shape index (κ2) is 8.21.